The Morgan fingerprint density at radius 3 is 2.43 bits per heavy atom. The van der Waals surface area contributed by atoms with Crippen LogP contribution in [0.15, 0.2) is 24.3 Å². The summed E-state index contributed by atoms with van der Waals surface area (Å²) < 4.78 is 0. The van der Waals surface area contributed by atoms with E-state index in [-0.39, 0.29) is 0 Å². The lowest BCUT2D eigenvalue weighted by atomic mass is 10.0. The van der Waals surface area contributed by atoms with Gasteiger partial charge in [0.1, 0.15) is 15.8 Å². The molecule has 3 rings (SSSR count). The molecule has 0 aliphatic heterocycles. The molecule has 3 aromatic rings. The van der Waals surface area contributed by atoms with E-state index in [1.807, 2.05) is 0 Å². The molecule has 0 unspecified atom stereocenters. The van der Waals surface area contributed by atoms with Gasteiger partial charge < -0.3 is 0 Å². The first-order chi connectivity index (χ1) is 10.0. The van der Waals surface area contributed by atoms with Crippen LogP contribution in [0.4, 0.5) is 0 Å². The molecule has 1 aromatic carbocycles. The summed E-state index contributed by atoms with van der Waals surface area (Å²) in [5, 5.41) is 1.54. The van der Waals surface area contributed by atoms with Crippen molar-refractivity contribution < 1.29 is 0 Å². The summed E-state index contributed by atoms with van der Waals surface area (Å²) in [5.74, 6) is 0.794. The highest BCUT2D eigenvalue weighted by Crippen LogP contribution is 2.29. The number of nitrogens with zero attached hydrogens (tertiary/aromatic N) is 2. The van der Waals surface area contributed by atoms with E-state index in [1.54, 1.807) is 11.3 Å². The predicted octanol–water partition coefficient (Wildman–Crippen LogP) is 5.11. The Morgan fingerprint density at radius 1 is 1.05 bits per heavy atom. The van der Waals surface area contributed by atoms with E-state index in [0.29, 0.717) is 5.15 Å². The molecule has 0 fully saturated rings. The maximum Gasteiger partial charge on any atom is 0.141 e. The van der Waals surface area contributed by atoms with Gasteiger partial charge in [0.05, 0.1) is 0 Å². The van der Waals surface area contributed by atoms with E-state index >= 15 is 0 Å². The fourth-order valence-corrected chi connectivity index (χ4v) is 3.87. The van der Waals surface area contributed by atoms with Crippen molar-refractivity contribution >= 4 is 33.2 Å². The number of hydrogen-bond donors (Lipinski definition) is 0. The van der Waals surface area contributed by atoms with Crippen molar-refractivity contribution in [3.63, 3.8) is 0 Å². The lowest BCUT2D eigenvalue weighted by Gasteiger charge is -2.05. The molecule has 4 heteroatoms. The lowest BCUT2D eigenvalue weighted by Crippen LogP contribution is -1.97. The minimum Gasteiger partial charge on any atom is -0.222 e. The van der Waals surface area contributed by atoms with Crippen LogP contribution < -0.4 is 0 Å². The second kappa shape index (κ2) is 5.74. The number of halogens is 1. The summed E-state index contributed by atoms with van der Waals surface area (Å²) in [7, 11) is 0. The van der Waals surface area contributed by atoms with Crippen molar-refractivity contribution in [3.8, 4) is 0 Å². The van der Waals surface area contributed by atoms with Crippen molar-refractivity contribution in [1.29, 1.82) is 0 Å². The molecule has 2 heterocycles. The molecule has 0 atom stereocenters. The smallest absolute Gasteiger partial charge is 0.141 e. The minimum atomic E-state index is 0.565. The maximum absolute atomic E-state index is 6.32. The lowest BCUT2D eigenvalue weighted by molar-refractivity contribution is 0.993. The number of benzene rings is 1. The molecule has 0 bridgehead atoms. The van der Waals surface area contributed by atoms with Crippen LogP contribution in [0, 0.1) is 13.8 Å². The minimum absolute atomic E-state index is 0.565. The number of rotatable bonds is 3. The van der Waals surface area contributed by atoms with Crippen molar-refractivity contribution in [2.75, 3.05) is 0 Å². The molecule has 0 aliphatic rings. The largest absolute Gasteiger partial charge is 0.222 e. The third-order valence-electron chi connectivity index (χ3n) is 3.44. The van der Waals surface area contributed by atoms with E-state index in [4.69, 9.17) is 11.6 Å². The third-order valence-corrected chi connectivity index (χ3v) is 4.90. The zero-order chi connectivity index (χ0) is 15.0. The summed E-state index contributed by atoms with van der Waals surface area (Å²) in [6.07, 6.45) is 1.72. The maximum atomic E-state index is 6.32. The van der Waals surface area contributed by atoms with Gasteiger partial charge in [0, 0.05) is 16.7 Å². The van der Waals surface area contributed by atoms with Crippen molar-refractivity contribution in [3.05, 3.63) is 56.8 Å². The van der Waals surface area contributed by atoms with Crippen LogP contribution in [0.5, 0.6) is 0 Å². The molecule has 0 spiro atoms. The predicted molar refractivity (Wildman–Crippen MR) is 90.5 cm³/mol. The van der Waals surface area contributed by atoms with Gasteiger partial charge in [0.2, 0.25) is 0 Å². The van der Waals surface area contributed by atoms with E-state index in [2.05, 4.69) is 55.0 Å². The molecule has 0 saturated heterocycles. The Bertz CT molecular complexity index is 788. The first-order valence-electron chi connectivity index (χ1n) is 7.07. The van der Waals surface area contributed by atoms with Crippen molar-refractivity contribution in [1.82, 2.24) is 9.97 Å². The van der Waals surface area contributed by atoms with Gasteiger partial charge in [0.25, 0.3) is 0 Å². The molecule has 108 valence electrons. The van der Waals surface area contributed by atoms with Crippen LogP contribution in [0.25, 0.3) is 10.2 Å². The zero-order valence-electron chi connectivity index (χ0n) is 12.4. The van der Waals surface area contributed by atoms with Crippen molar-refractivity contribution in [2.24, 2.45) is 0 Å². The third kappa shape index (κ3) is 3.09. The molecule has 0 radical (unpaired) electrons. The second-order valence-electron chi connectivity index (χ2n) is 5.39. The van der Waals surface area contributed by atoms with E-state index in [0.717, 1.165) is 28.9 Å². The van der Waals surface area contributed by atoms with Crippen LogP contribution in [0.1, 0.15) is 34.3 Å². The Labute approximate surface area is 133 Å². The fraction of sp³-hybridized carbons (Fsp3) is 0.294. The highest BCUT2D eigenvalue weighted by Gasteiger charge is 2.10. The fourth-order valence-electron chi connectivity index (χ4n) is 2.58. The molecule has 0 aliphatic carbocycles. The highest BCUT2D eigenvalue weighted by molar-refractivity contribution is 7.18. The zero-order valence-corrected chi connectivity index (χ0v) is 14.0. The molecule has 0 amide bonds. The summed E-state index contributed by atoms with van der Waals surface area (Å²) >= 11 is 8.02. The normalized spacial score (nSPS) is 11.2. The standard InChI is InChI=1S/C17H17ClN2S/c1-4-13-9-14-16(18)19-15(20-17(14)21-13)8-12-6-10(2)5-11(3)7-12/h5-7,9H,4,8H2,1-3H3. The number of hydrogen-bond acceptors (Lipinski definition) is 3. The monoisotopic (exact) mass is 316 g/mol. The van der Waals surface area contributed by atoms with Gasteiger partial charge in [-0.05, 0) is 31.9 Å². The average Bonchev–Trinajstić information content (AvgIpc) is 2.81. The number of fused-ring (bicyclic) bond motifs is 1. The van der Waals surface area contributed by atoms with E-state index < -0.39 is 0 Å². The molecule has 2 aromatic heterocycles. The van der Waals surface area contributed by atoms with Crippen LogP contribution >= 0.6 is 22.9 Å². The Kier molecular flexibility index (Phi) is 3.96. The SMILES string of the molecule is CCc1cc2c(Cl)nc(Cc3cc(C)cc(C)c3)nc2s1. The van der Waals surface area contributed by atoms with E-state index in [9.17, 15) is 0 Å². The van der Waals surface area contributed by atoms with Gasteiger partial charge in [0.15, 0.2) is 0 Å². The molecule has 2 nitrogen and oxygen atoms in total. The molecule has 21 heavy (non-hydrogen) atoms. The van der Waals surface area contributed by atoms with Gasteiger partial charge in [-0.25, -0.2) is 9.97 Å². The van der Waals surface area contributed by atoms with Crippen molar-refractivity contribution in [2.45, 2.75) is 33.6 Å². The van der Waals surface area contributed by atoms with Gasteiger partial charge in [-0.2, -0.15) is 0 Å². The molecular weight excluding hydrogens is 300 g/mol. The Hall–Kier alpha value is -1.45. The quantitative estimate of drug-likeness (QED) is 0.627. The van der Waals surface area contributed by atoms with Crippen LogP contribution in [0.3, 0.4) is 0 Å². The van der Waals surface area contributed by atoms with Gasteiger partial charge in [-0.3, -0.25) is 0 Å². The summed E-state index contributed by atoms with van der Waals surface area (Å²) in [6.45, 7) is 6.36. The first kappa shape index (κ1) is 14.5. The molecule has 0 N–H and O–H groups in total. The summed E-state index contributed by atoms with van der Waals surface area (Å²) in [6, 6.07) is 8.64. The van der Waals surface area contributed by atoms with Crippen LogP contribution in [-0.4, -0.2) is 9.97 Å². The van der Waals surface area contributed by atoms with Crippen LogP contribution in [-0.2, 0) is 12.8 Å². The number of aromatic nitrogens is 2. The van der Waals surface area contributed by atoms with E-state index in [1.165, 1.54) is 21.6 Å². The summed E-state index contributed by atoms with van der Waals surface area (Å²) in [5.41, 5.74) is 3.76. The average molecular weight is 317 g/mol. The second-order valence-corrected chi connectivity index (χ2v) is 6.86. The van der Waals surface area contributed by atoms with Gasteiger partial charge in [-0.15, -0.1) is 11.3 Å². The Morgan fingerprint density at radius 2 is 1.76 bits per heavy atom. The van der Waals surface area contributed by atoms with Gasteiger partial charge >= 0.3 is 0 Å². The molecular formula is C17H17ClN2S. The highest BCUT2D eigenvalue weighted by atomic mass is 35.5. The topological polar surface area (TPSA) is 25.8 Å². The Balaban J connectivity index is 2.00. The molecule has 0 saturated carbocycles. The van der Waals surface area contributed by atoms with Crippen LogP contribution in [0.2, 0.25) is 5.15 Å². The van der Waals surface area contributed by atoms with Gasteiger partial charge in [-0.1, -0.05) is 47.9 Å². The summed E-state index contributed by atoms with van der Waals surface area (Å²) in [4.78, 5) is 11.4. The first-order valence-corrected chi connectivity index (χ1v) is 8.26. The number of aryl methyl sites for hydroxylation is 3. The number of thiophene rings is 1.